The standard InChI is InChI=1S/C10H15N5O2/c1-4-15-8(6-11-13-15)10(16)7-5-9(17-3)14(2)12-7/h5-6,10,16H,4H2,1-3H3. The van der Waals surface area contributed by atoms with Crippen LogP contribution in [-0.2, 0) is 13.6 Å². The summed E-state index contributed by atoms with van der Waals surface area (Å²) in [6.07, 6.45) is 0.690. The molecule has 2 aromatic rings. The van der Waals surface area contributed by atoms with Gasteiger partial charge in [-0.3, -0.25) is 0 Å². The largest absolute Gasteiger partial charge is 0.481 e. The number of ether oxygens (including phenoxy) is 1. The van der Waals surface area contributed by atoms with Gasteiger partial charge in [-0.2, -0.15) is 5.10 Å². The average molecular weight is 237 g/mol. The molecule has 0 saturated heterocycles. The molecule has 0 spiro atoms. The van der Waals surface area contributed by atoms with Crippen molar-refractivity contribution in [1.82, 2.24) is 24.8 Å². The summed E-state index contributed by atoms with van der Waals surface area (Å²) < 4.78 is 8.30. The Morgan fingerprint density at radius 3 is 2.88 bits per heavy atom. The highest BCUT2D eigenvalue weighted by atomic mass is 16.5. The van der Waals surface area contributed by atoms with Crippen LogP contribution < -0.4 is 4.74 Å². The molecule has 92 valence electrons. The van der Waals surface area contributed by atoms with Gasteiger partial charge in [-0.1, -0.05) is 5.21 Å². The minimum atomic E-state index is -0.847. The number of aliphatic hydroxyl groups is 1. The molecular weight excluding hydrogens is 222 g/mol. The molecule has 0 saturated carbocycles. The molecule has 0 radical (unpaired) electrons. The van der Waals surface area contributed by atoms with Gasteiger partial charge < -0.3 is 9.84 Å². The Morgan fingerprint density at radius 2 is 2.29 bits per heavy atom. The van der Waals surface area contributed by atoms with E-state index in [1.165, 1.54) is 6.20 Å². The van der Waals surface area contributed by atoms with Crippen LogP contribution in [-0.4, -0.2) is 37.0 Å². The first-order valence-corrected chi connectivity index (χ1v) is 5.31. The fourth-order valence-electron chi connectivity index (χ4n) is 1.67. The van der Waals surface area contributed by atoms with E-state index in [0.29, 0.717) is 23.8 Å². The second-order valence-corrected chi connectivity index (χ2v) is 3.61. The number of nitrogens with zero attached hydrogens (tertiary/aromatic N) is 5. The van der Waals surface area contributed by atoms with Crippen molar-refractivity contribution in [3.05, 3.63) is 23.7 Å². The third-order valence-electron chi connectivity index (χ3n) is 2.57. The van der Waals surface area contributed by atoms with Crippen LogP contribution in [0.2, 0.25) is 0 Å². The summed E-state index contributed by atoms with van der Waals surface area (Å²) in [6, 6.07) is 1.69. The third kappa shape index (κ3) is 2.01. The van der Waals surface area contributed by atoms with Gasteiger partial charge in [-0.25, -0.2) is 9.36 Å². The summed E-state index contributed by atoms with van der Waals surface area (Å²) in [5.74, 6) is 0.592. The summed E-state index contributed by atoms with van der Waals surface area (Å²) in [7, 11) is 3.31. The maximum Gasteiger partial charge on any atom is 0.211 e. The number of aromatic nitrogens is 5. The Bertz CT molecular complexity index is 505. The lowest BCUT2D eigenvalue weighted by Crippen LogP contribution is -2.09. The summed E-state index contributed by atoms with van der Waals surface area (Å²) in [6.45, 7) is 2.58. The van der Waals surface area contributed by atoms with E-state index in [1.807, 2.05) is 6.92 Å². The van der Waals surface area contributed by atoms with E-state index >= 15 is 0 Å². The summed E-state index contributed by atoms with van der Waals surface area (Å²) in [5, 5.41) is 22.0. The van der Waals surface area contributed by atoms with Crippen molar-refractivity contribution in [3.63, 3.8) is 0 Å². The van der Waals surface area contributed by atoms with Gasteiger partial charge in [0.15, 0.2) is 0 Å². The van der Waals surface area contributed by atoms with Crippen LogP contribution in [0.3, 0.4) is 0 Å². The minimum Gasteiger partial charge on any atom is -0.481 e. The fraction of sp³-hybridized carbons (Fsp3) is 0.500. The number of hydrogen-bond donors (Lipinski definition) is 1. The van der Waals surface area contributed by atoms with Crippen LogP contribution in [0.15, 0.2) is 12.3 Å². The van der Waals surface area contributed by atoms with Gasteiger partial charge in [-0.05, 0) is 6.92 Å². The van der Waals surface area contributed by atoms with Gasteiger partial charge in [0.05, 0.1) is 19.0 Å². The number of aryl methyl sites for hydroxylation is 2. The predicted molar refractivity (Wildman–Crippen MR) is 59.5 cm³/mol. The Kier molecular flexibility index (Phi) is 3.10. The Labute approximate surface area is 98.6 Å². The van der Waals surface area contributed by atoms with Gasteiger partial charge in [0.1, 0.15) is 11.8 Å². The van der Waals surface area contributed by atoms with Crippen molar-refractivity contribution in [1.29, 1.82) is 0 Å². The Hall–Kier alpha value is -1.89. The molecule has 1 unspecified atom stereocenters. The number of aliphatic hydroxyl groups excluding tert-OH is 1. The highest BCUT2D eigenvalue weighted by Crippen LogP contribution is 2.23. The van der Waals surface area contributed by atoms with E-state index in [0.717, 1.165) is 0 Å². The lowest BCUT2D eigenvalue weighted by molar-refractivity contribution is 0.202. The molecule has 7 heteroatoms. The van der Waals surface area contributed by atoms with Crippen molar-refractivity contribution in [2.24, 2.45) is 7.05 Å². The van der Waals surface area contributed by atoms with Crippen LogP contribution in [0.5, 0.6) is 5.88 Å². The van der Waals surface area contributed by atoms with Crippen LogP contribution >= 0.6 is 0 Å². The summed E-state index contributed by atoms with van der Waals surface area (Å²) in [5.41, 5.74) is 1.13. The van der Waals surface area contributed by atoms with Gasteiger partial charge in [0.2, 0.25) is 5.88 Å². The maximum atomic E-state index is 10.2. The van der Waals surface area contributed by atoms with E-state index in [2.05, 4.69) is 15.4 Å². The zero-order chi connectivity index (χ0) is 12.4. The minimum absolute atomic E-state index is 0.515. The van der Waals surface area contributed by atoms with Crippen LogP contribution in [0.25, 0.3) is 0 Å². The number of methoxy groups -OCH3 is 1. The lowest BCUT2D eigenvalue weighted by atomic mass is 10.2. The van der Waals surface area contributed by atoms with Crippen molar-refractivity contribution >= 4 is 0 Å². The second-order valence-electron chi connectivity index (χ2n) is 3.61. The first kappa shape index (κ1) is 11.6. The molecule has 2 rings (SSSR count). The molecule has 1 N–H and O–H groups in total. The van der Waals surface area contributed by atoms with Crippen LogP contribution in [0, 0.1) is 0 Å². The van der Waals surface area contributed by atoms with E-state index in [4.69, 9.17) is 4.74 Å². The summed E-state index contributed by atoms with van der Waals surface area (Å²) in [4.78, 5) is 0. The average Bonchev–Trinajstić information content (AvgIpc) is 2.93. The number of rotatable bonds is 4. The molecule has 0 fully saturated rings. The van der Waals surface area contributed by atoms with Crippen molar-refractivity contribution in [2.45, 2.75) is 19.6 Å². The normalized spacial score (nSPS) is 12.7. The zero-order valence-corrected chi connectivity index (χ0v) is 10.0. The maximum absolute atomic E-state index is 10.2. The molecule has 1 atom stereocenters. The topological polar surface area (TPSA) is 78.0 Å². The van der Waals surface area contributed by atoms with Gasteiger partial charge in [0, 0.05) is 19.7 Å². The first-order valence-electron chi connectivity index (χ1n) is 5.31. The first-order chi connectivity index (χ1) is 8.17. The quantitative estimate of drug-likeness (QED) is 0.817. The third-order valence-corrected chi connectivity index (χ3v) is 2.57. The highest BCUT2D eigenvalue weighted by molar-refractivity contribution is 5.23. The molecule has 2 aromatic heterocycles. The van der Waals surface area contributed by atoms with E-state index in [-0.39, 0.29) is 0 Å². The zero-order valence-electron chi connectivity index (χ0n) is 10.0. The van der Waals surface area contributed by atoms with Gasteiger partial charge >= 0.3 is 0 Å². The fourth-order valence-corrected chi connectivity index (χ4v) is 1.67. The van der Waals surface area contributed by atoms with Crippen molar-refractivity contribution in [3.8, 4) is 5.88 Å². The molecule has 0 amide bonds. The molecule has 0 aliphatic rings. The van der Waals surface area contributed by atoms with Crippen molar-refractivity contribution < 1.29 is 9.84 Å². The van der Waals surface area contributed by atoms with Crippen molar-refractivity contribution in [2.75, 3.05) is 7.11 Å². The predicted octanol–water partition coefficient (Wildman–Crippen LogP) is 0.122. The van der Waals surface area contributed by atoms with Gasteiger partial charge in [-0.15, -0.1) is 5.10 Å². The smallest absolute Gasteiger partial charge is 0.211 e. The van der Waals surface area contributed by atoms with E-state index in [9.17, 15) is 5.11 Å². The molecule has 0 aliphatic heterocycles. The molecule has 0 bridgehead atoms. The lowest BCUT2D eigenvalue weighted by Gasteiger charge is -2.07. The molecular formula is C10H15N5O2. The molecule has 0 aliphatic carbocycles. The van der Waals surface area contributed by atoms with E-state index < -0.39 is 6.10 Å². The molecule has 2 heterocycles. The van der Waals surface area contributed by atoms with Gasteiger partial charge in [0.25, 0.3) is 0 Å². The summed E-state index contributed by atoms with van der Waals surface area (Å²) >= 11 is 0. The molecule has 0 aromatic carbocycles. The monoisotopic (exact) mass is 237 g/mol. The number of hydrogen-bond acceptors (Lipinski definition) is 5. The second kappa shape index (κ2) is 4.54. The highest BCUT2D eigenvalue weighted by Gasteiger charge is 2.20. The molecule has 17 heavy (non-hydrogen) atoms. The molecule has 7 nitrogen and oxygen atoms in total. The van der Waals surface area contributed by atoms with Crippen LogP contribution in [0.4, 0.5) is 0 Å². The Balaban J connectivity index is 2.33. The van der Waals surface area contributed by atoms with E-state index in [1.54, 1.807) is 29.6 Å². The SMILES string of the molecule is CCn1nncc1C(O)c1cc(OC)n(C)n1. The van der Waals surface area contributed by atoms with Crippen LogP contribution in [0.1, 0.15) is 24.4 Å². The Morgan fingerprint density at radius 1 is 1.53 bits per heavy atom.